The van der Waals surface area contributed by atoms with Gasteiger partial charge in [-0.3, -0.25) is 4.79 Å². The van der Waals surface area contributed by atoms with Crippen LogP contribution in [0.2, 0.25) is 0 Å². The van der Waals surface area contributed by atoms with Crippen molar-refractivity contribution in [3.05, 3.63) is 72.2 Å². The molecule has 1 heterocycles. The summed E-state index contributed by atoms with van der Waals surface area (Å²) < 4.78 is 15.2. The number of carbonyl (C=O) groups excluding carboxylic acids is 1. The second-order valence-corrected chi connectivity index (χ2v) is 5.69. The first-order valence-electron chi connectivity index (χ1n) is 7.12. The largest absolute Gasteiger partial charge is 0.368 e. The molecular formula is C18H17FN2O. The average molecular weight is 296 g/mol. The van der Waals surface area contributed by atoms with Gasteiger partial charge in [0, 0.05) is 23.5 Å². The summed E-state index contributed by atoms with van der Waals surface area (Å²) in [5.74, 6) is -0.715. The Kier molecular flexibility index (Phi) is 3.45. The quantitative estimate of drug-likeness (QED) is 0.789. The highest BCUT2D eigenvalue weighted by molar-refractivity contribution is 5.87. The molecule has 0 radical (unpaired) electrons. The molecular weight excluding hydrogens is 279 g/mol. The summed E-state index contributed by atoms with van der Waals surface area (Å²) in [6.45, 7) is 1.81. The van der Waals surface area contributed by atoms with Gasteiger partial charge >= 0.3 is 0 Å². The SMILES string of the molecule is CC(Cc1ccccc1)(C(N)=O)n1ccc2cc(F)ccc21. The van der Waals surface area contributed by atoms with Gasteiger partial charge < -0.3 is 10.3 Å². The number of fused-ring (bicyclic) bond motifs is 1. The molecule has 0 saturated carbocycles. The average Bonchev–Trinajstić information content (AvgIpc) is 2.91. The van der Waals surface area contributed by atoms with Crippen LogP contribution < -0.4 is 5.73 Å². The minimum atomic E-state index is -0.916. The molecule has 0 aliphatic carbocycles. The van der Waals surface area contributed by atoms with Crippen LogP contribution in [0.3, 0.4) is 0 Å². The van der Waals surface area contributed by atoms with Gasteiger partial charge in [-0.1, -0.05) is 30.3 Å². The maximum atomic E-state index is 13.3. The molecule has 112 valence electrons. The van der Waals surface area contributed by atoms with Gasteiger partial charge in [0.15, 0.2) is 0 Å². The van der Waals surface area contributed by atoms with E-state index in [1.807, 2.05) is 41.8 Å². The second-order valence-electron chi connectivity index (χ2n) is 5.69. The molecule has 1 atom stereocenters. The highest BCUT2D eigenvalue weighted by atomic mass is 19.1. The van der Waals surface area contributed by atoms with E-state index in [9.17, 15) is 9.18 Å². The fraction of sp³-hybridized carbons (Fsp3) is 0.167. The number of hydrogen-bond acceptors (Lipinski definition) is 1. The predicted molar refractivity (Wildman–Crippen MR) is 84.9 cm³/mol. The number of benzene rings is 2. The van der Waals surface area contributed by atoms with E-state index in [1.54, 1.807) is 18.3 Å². The van der Waals surface area contributed by atoms with Crippen molar-refractivity contribution in [1.82, 2.24) is 4.57 Å². The molecule has 1 unspecified atom stereocenters. The minimum Gasteiger partial charge on any atom is -0.368 e. The molecule has 1 amide bonds. The van der Waals surface area contributed by atoms with Gasteiger partial charge in [-0.2, -0.15) is 0 Å². The summed E-state index contributed by atoms with van der Waals surface area (Å²) >= 11 is 0. The smallest absolute Gasteiger partial charge is 0.243 e. The molecule has 3 rings (SSSR count). The summed E-state index contributed by atoms with van der Waals surface area (Å²) in [4.78, 5) is 12.2. The van der Waals surface area contributed by atoms with Gasteiger partial charge in [0.1, 0.15) is 11.4 Å². The summed E-state index contributed by atoms with van der Waals surface area (Å²) in [7, 11) is 0. The Hall–Kier alpha value is -2.62. The fourth-order valence-electron chi connectivity index (χ4n) is 2.83. The van der Waals surface area contributed by atoms with Crippen LogP contribution in [0.1, 0.15) is 12.5 Å². The number of carbonyl (C=O) groups is 1. The van der Waals surface area contributed by atoms with Gasteiger partial charge in [-0.25, -0.2) is 4.39 Å². The normalized spacial score (nSPS) is 13.9. The number of hydrogen-bond donors (Lipinski definition) is 1. The van der Waals surface area contributed by atoms with Crippen LogP contribution in [0.25, 0.3) is 10.9 Å². The fourth-order valence-corrected chi connectivity index (χ4v) is 2.83. The van der Waals surface area contributed by atoms with Gasteiger partial charge in [-0.15, -0.1) is 0 Å². The Morgan fingerprint density at radius 3 is 2.59 bits per heavy atom. The summed E-state index contributed by atoms with van der Waals surface area (Å²) in [5.41, 5.74) is 6.59. The first-order chi connectivity index (χ1) is 10.5. The van der Waals surface area contributed by atoms with E-state index in [0.29, 0.717) is 6.42 Å². The van der Waals surface area contributed by atoms with Gasteiger partial charge in [-0.05, 0) is 36.8 Å². The lowest BCUT2D eigenvalue weighted by Crippen LogP contribution is -2.45. The molecule has 3 nitrogen and oxygen atoms in total. The van der Waals surface area contributed by atoms with E-state index in [4.69, 9.17) is 5.73 Å². The third-order valence-electron chi connectivity index (χ3n) is 4.11. The maximum Gasteiger partial charge on any atom is 0.243 e. The zero-order valence-corrected chi connectivity index (χ0v) is 12.3. The second kappa shape index (κ2) is 5.30. The van der Waals surface area contributed by atoms with Crippen molar-refractivity contribution in [2.45, 2.75) is 18.9 Å². The summed E-state index contributed by atoms with van der Waals surface area (Å²) in [6.07, 6.45) is 2.27. The standard InChI is InChI=1S/C18H17FN2O/c1-18(17(20)22,12-13-5-3-2-4-6-13)21-10-9-14-11-15(19)7-8-16(14)21/h2-11H,12H2,1H3,(H2,20,22). The molecule has 0 fully saturated rings. The number of nitrogens with two attached hydrogens (primary N) is 1. The molecule has 0 aliphatic heterocycles. The van der Waals surface area contributed by atoms with Gasteiger partial charge in [0.05, 0.1) is 0 Å². The van der Waals surface area contributed by atoms with E-state index < -0.39 is 11.4 Å². The Bertz CT molecular complexity index is 825. The number of amides is 1. The number of rotatable bonds is 4. The van der Waals surface area contributed by atoms with Gasteiger partial charge in [0.2, 0.25) is 5.91 Å². The Morgan fingerprint density at radius 1 is 1.18 bits per heavy atom. The van der Waals surface area contributed by atoms with Crippen LogP contribution in [0, 0.1) is 5.82 Å². The molecule has 0 saturated heterocycles. The van der Waals surface area contributed by atoms with Crippen molar-refractivity contribution >= 4 is 16.8 Å². The molecule has 0 aliphatic rings. The summed E-state index contributed by atoms with van der Waals surface area (Å²) in [6, 6.07) is 16.0. The van der Waals surface area contributed by atoms with E-state index in [0.717, 1.165) is 16.5 Å². The lowest BCUT2D eigenvalue weighted by atomic mass is 9.91. The first-order valence-corrected chi connectivity index (χ1v) is 7.12. The molecule has 3 aromatic rings. The highest BCUT2D eigenvalue weighted by Gasteiger charge is 2.34. The van der Waals surface area contributed by atoms with Crippen LogP contribution in [0.4, 0.5) is 4.39 Å². The molecule has 2 aromatic carbocycles. The Morgan fingerprint density at radius 2 is 1.91 bits per heavy atom. The van der Waals surface area contributed by atoms with Crippen molar-refractivity contribution in [3.63, 3.8) is 0 Å². The first kappa shape index (κ1) is 14.3. The van der Waals surface area contributed by atoms with Gasteiger partial charge in [0.25, 0.3) is 0 Å². The zero-order chi connectivity index (χ0) is 15.7. The number of aromatic nitrogens is 1. The van der Waals surface area contributed by atoms with E-state index in [-0.39, 0.29) is 5.82 Å². The van der Waals surface area contributed by atoms with Crippen LogP contribution in [-0.4, -0.2) is 10.5 Å². The van der Waals surface area contributed by atoms with Crippen molar-refractivity contribution in [2.24, 2.45) is 5.73 Å². The highest BCUT2D eigenvalue weighted by Crippen LogP contribution is 2.28. The number of nitrogens with zero attached hydrogens (tertiary/aromatic N) is 1. The van der Waals surface area contributed by atoms with Crippen molar-refractivity contribution in [1.29, 1.82) is 0 Å². The molecule has 0 bridgehead atoms. The topological polar surface area (TPSA) is 48.0 Å². The van der Waals surface area contributed by atoms with E-state index >= 15 is 0 Å². The Labute approximate surface area is 128 Å². The molecule has 0 spiro atoms. The zero-order valence-electron chi connectivity index (χ0n) is 12.3. The maximum absolute atomic E-state index is 13.3. The molecule has 4 heteroatoms. The molecule has 2 N–H and O–H groups in total. The van der Waals surface area contributed by atoms with Crippen molar-refractivity contribution < 1.29 is 9.18 Å². The summed E-state index contributed by atoms with van der Waals surface area (Å²) in [5, 5.41) is 0.750. The third-order valence-corrected chi connectivity index (χ3v) is 4.11. The lowest BCUT2D eigenvalue weighted by molar-refractivity contribution is -0.125. The van der Waals surface area contributed by atoms with Crippen molar-refractivity contribution in [2.75, 3.05) is 0 Å². The molecule has 1 aromatic heterocycles. The van der Waals surface area contributed by atoms with Crippen LogP contribution in [0.5, 0.6) is 0 Å². The van der Waals surface area contributed by atoms with Crippen molar-refractivity contribution in [3.8, 4) is 0 Å². The lowest BCUT2D eigenvalue weighted by Gasteiger charge is -2.29. The van der Waals surface area contributed by atoms with Crippen LogP contribution >= 0.6 is 0 Å². The third kappa shape index (κ3) is 2.37. The predicted octanol–water partition coefficient (Wildman–Crippen LogP) is 3.22. The molecule has 22 heavy (non-hydrogen) atoms. The number of halogens is 1. The monoisotopic (exact) mass is 296 g/mol. The number of primary amides is 1. The Balaban J connectivity index is 2.11. The minimum absolute atomic E-state index is 0.297. The van der Waals surface area contributed by atoms with Crippen LogP contribution in [0.15, 0.2) is 60.8 Å². The van der Waals surface area contributed by atoms with E-state index in [1.165, 1.54) is 12.1 Å². The van der Waals surface area contributed by atoms with E-state index in [2.05, 4.69) is 0 Å². The van der Waals surface area contributed by atoms with Crippen LogP contribution in [-0.2, 0) is 16.8 Å².